The molecule has 0 spiro atoms. The average molecular weight is 277 g/mol. The largest absolute Gasteiger partial charge is 0.460 e. The van der Waals surface area contributed by atoms with Crippen LogP contribution in [0.5, 0.6) is 0 Å². The molecule has 0 saturated carbocycles. The van der Waals surface area contributed by atoms with E-state index in [0.29, 0.717) is 5.76 Å². The molecule has 1 heterocycles. The summed E-state index contributed by atoms with van der Waals surface area (Å²) in [7, 11) is 0. The van der Waals surface area contributed by atoms with Gasteiger partial charge >= 0.3 is 0 Å². The van der Waals surface area contributed by atoms with E-state index in [1.54, 1.807) is 6.07 Å². The number of Topliss-reactive ketones (excluding diaryl/α,β-unsaturated/α-hetero) is 1. The van der Waals surface area contributed by atoms with E-state index < -0.39 is 0 Å². The molecule has 0 bridgehead atoms. The Kier molecular flexibility index (Phi) is 2.21. The van der Waals surface area contributed by atoms with Crippen LogP contribution in [0, 0.1) is 0 Å². The molecule has 0 saturated heterocycles. The second-order valence-corrected chi connectivity index (χ2v) is 4.77. The minimum Gasteiger partial charge on any atom is -0.460 e. The molecule has 0 N–H and O–H groups in total. The Morgan fingerprint density at radius 2 is 2.12 bits per heavy atom. The van der Waals surface area contributed by atoms with Crippen molar-refractivity contribution in [2.24, 2.45) is 0 Å². The smallest absolute Gasteiger partial charge is 0.206 e. The van der Waals surface area contributed by atoms with E-state index in [1.165, 1.54) is 11.8 Å². The van der Waals surface area contributed by atoms with Crippen molar-refractivity contribution in [3.8, 4) is 0 Å². The highest BCUT2D eigenvalue weighted by atomic mass is 79.9. The van der Waals surface area contributed by atoms with Crippen molar-refractivity contribution in [1.29, 1.82) is 0 Å². The second-order valence-electron chi connectivity index (χ2n) is 3.92. The van der Waals surface area contributed by atoms with E-state index in [9.17, 15) is 4.79 Å². The molecule has 1 aliphatic carbocycles. The van der Waals surface area contributed by atoms with E-state index in [4.69, 9.17) is 4.42 Å². The van der Waals surface area contributed by atoms with Crippen LogP contribution in [0.4, 0.5) is 0 Å². The van der Waals surface area contributed by atoms with E-state index in [-0.39, 0.29) is 11.7 Å². The molecule has 0 radical (unpaired) electrons. The van der Waals surface area contributed by atoms with Crippen molar-refractivity contribution in [1.82, 2.24) is 0 Å². The maximum absolute atomic E-state index is 12.1. The van der Waals surface area contributed by atoms with Crippen molar-refractivity contribution in [2.45, 2.75) is 12.3 Å². The molecule has 0 fully saturated rings. The number of benzene rings is 1. The molecule has 0 aliphatic heterocycles. The Balaban J connectivity index is 1.93. The molecule has 1 aromatic heterocycles. The van der Waals surface area contributed by atoms with Gasteiger partial charge in [-0.2, -0.15) is 0 Å². The zero-order valence-corrected chi connectivity index (χ0v) is 10.0. The Hall–Kier alpha value is -1.35. The molecule has 80 valence electrons. The number of rotatable bonds is 2. The quantitative estimate of drug-likeness (QED) is 0.785. The van der Waals surface area contributed by atoms with Crippen molar-refractivity contribution in [3.05, 3.63) is 58.0 Å². The van der Waals surface area contributed by atoms with Gasteiger partial charge in [0.2, 0.25) is 5.78 Å². The minimum absolute atomic E-state index is 0.0290. The normalized spacial score (nSPS) is 17.7. The fourth-order valence-corrected chi connectivity index (χ4v) is 2.52. The molecule has 1 aliphatic rings. The molecule has 16 heavy (non-hydrogen) atoms. The van der Waals surface area contributed by atoms with Crippen LogP contribution in [0.15, 0.2) is 45.5 Å². The zero-order chi connectivity index (χ0) is 11.1. The van der Waals surface area contributed by atoms with Gasteiger partial charge in [0.15, 0.2) is 5.76 Å². The van der Waals surface area contributed by atoms with Gasteiger partial charge in [-0.25, -0.2) is 0 Å². The summed E-state index contributed by atoms with van der Waals surface area (Å²) in [4.78, 5) is 12.1. The molecule has 3 rings (SSSR count). The summed E-state index contributed by atoms with van der Waals surface area (Å²) in [6.45, 7) is 0. The van der Waals surface area contributed by atoms with E-state index in [2.05, 4.69) is 22.0 Å². The van der Waals surface area contributed by atoms with Crippen LogP contribution in [0.1, 0.15) is 27.6 Å². The van der Waals surface area contributed by atoms with E-state index in [1.807, 2.05) is 18.2 Å². The van der Waals surface area contributed by atoms with Crippen LogP contribution in [-0.4, -0.2) is 5.78 Å². The highest BCUT2D eigenvalue weighted by Gasteiger charge is 2.34. The number of fused-ring (bicyclic) bond motifs is 1. The monoisotopic (exact) mass is 276 g/mol. The second kappa shape index (κ2) is 3.59. The number of carbonyl (C=O) groups excluding carboxylic acids is 1. The third kappa shape index (κ3) is 1.35. The van der Waals surface area contributed by atoms with E-state index >= 15 is 0 Å². The first-order chi connectivity index (χ1) is 7.77. The number of furan rings is 1. The highest BCUT2D eigenvalue weighted by molar-refractivity contribution is 9.10. The maximum Gasteiger partial charge on any atom is 0.206 e. The van der Waals surface area contributed by atoms with Gasteiger partial charge in [-0.3, -0.25) is 4.79 Å². The van der Waals surface area contributed by atoms with Gasteiger partial charge in [-0.1, -0.05) is 24.3 Å². The lowest BCUT2D eigenvalue weighted by molar-refractivity contribution is 0.0920. The average Bonchev–Trinajstić information content (AvgIpc) is 2.66. The number of hydrogen-bond acceptors (Lipinski definition) is 2. The fourth-order valence-electron chi connectivity index (χ4n) is 2.12. The third-order valence-electron chi connectivity index (χ3n) is 3.01. The summed E-state index contributed by atoms with van der Waals surface area (Å²) in [5.74, 6) is 0.466. The lowest BCUT2D eigenvalue weighted by atomic mass is 9.75. The lowest BCUT2D eigenvalue weighted by Crippen LogP contribution is -2.25. The summed E-state index contributed by atoms with van der Waals surface area (Å²) in [5, 5.41) is 0. The SMILES string of the molecule is O=C(c1occc1Br)C1Cc2ccccc21. The number of ketones is 1. The van der Waals surface area contributed by atoms with Gasteiger partial charge in [0.1, 0.15) is 0 Å². The summed E-state index contributed by atoms with van der Waals surface area (Å²) in [6, 6.07) is 9.80. The molecule has 1 unspecified atom stereocenters. The van der Waals surface area contributed by atoms with Crippen LogP contribution < -0.4 is 0 Å². The van der Waals surface area contributed by atoms with Gasteiger partial charge in [0.05, 0.1) is 16.7 Å². The predicted octanol–water partition coefficient (Wildman–Crippen LogP) is 3.56. The Morgan fingerprint density at radius 1 is 1.31 bits per heavy atom. The summed E-state index contributed by atoms with van der Waals surface area (Å²) in [6.07, 6.45) is 2.35. The zero-order valence-electron chi connectivity index (χ0n) is 8.44. The predicted molar refractivity (Wildman–Crippen MR) is 63.6 cm³/mol. The first kappa shape index (κ1) is 9.85. The fraction of sp³-hybridized carbons (Fsp3) is 0.154. The van der Waals surface area contributed by atoms with Crippen LogP contribution in [0.25, 0.3) is 0 Å². The Labute approximate surface area is 101 Å². The molecule has 2 nitrogen and oxygen atoms in total. The number of hydrogen-bond donors (Lipinski definition) is 0. The van der Waals surface area contributed by atoms with Crippen LogP contribution in [0.3, 0.4) is 0 Å². The molecular formula is C13H9BrO2. The molecular weight excluding hydrogens is 268 g/mol. The van der Waals surface area contributed by atoms with Gasteiger partial charge < -0.3 is 4.42 Å². The number of halogens is 1. The van der Waals surface area contributed by atoms with E-state index in [0.717, 1.165) is 16.5 Å². The molecule has 0 amide bonds. The van der Waals surface area contributed by atoms with Crippen molar-refractivity contribution in [2.75, 3.05) is 0 Å². The topological polar surface area (TPSA) is 30.2 Å². The Morgan fingerprint density at radius 3 is 2.81 bits per heavy atom. The number of carbonyl (C=O) groups is 1. The standard InChI is InChI=1S/C13H9BrO2/c14-11-5-6-16-13(11)12(15)10-7-8-3-1-2-4-9(8)10/h1-6,10H,7H2. The minimum atomic E-state index is -0.0290. The van der Waals surface area contributed by atoms with Gasteiger partial charge in [-0.15, -0.1) is 0 Å². The first-order valence-electron chi connectivity index (χ1n) is 5.12. The third-order valence-corrected chi connectivity index (χ3v) is 3.64. The Bertz CT molecular complexity index is 557. The van der Waals surface area contributed by atoms with Crippen molar-refractivity contribution in [3.63, 3.8) is 0 Å². The first-order valence-corrected chi connectivity index (χ1v) is 5.91. The maximum atomic E-state index is 12.1. The summed E-state index contributed by atoms with van der Waals surface area (Å²) >= 11 is 3.31. The van der Waals surface area contributed by atoms with Crippen LogP contribution in [0.2, 0.25) is 0 Å². The lowest BCUT2D eigenvalue weighted by Gasteiger charge is -2.28. The van der Waals surface area contributed by atoms with Crippen molar-refractivity contribution < 1.29 is 9.21 Å². The summed E-state index contributed by atoms with van der Waals surface area (Å²) < 4.78 is 5.94. The molecule has 2 aromatic rings. The molecule has 1 atom stereocenters. The van der Waals surface area contributed by atoms with Gasteiger partial charge in [0, 0.05) is 0 Å². The highest BCUT2D eigenvalue weighted by Crippen LogP contribution is 2.38. The molecule has 3 heteroatoms. The van der Waals surface area contributed by atoms with Crippen molar-refractivity contribution >= 4 is 21.7 Å². The molecule has 1 aromatic carbocycles. The summed E-state index contributed by atoms with van der Waals surface area (Å²) in [5.41, 5.74) is 2.40. The van der Waals surface area contributed by atoms with Gasteiger partial charge in [0.25, 0.3) is 0 Å². The van der Waals surface area contributed by atoms with Crippen LogP contribution >= 0.6 is 15.9 Å². The van der Waals surface area contributed by atoms with Crippen LogP contribution in [-0.2, 0) is 6.42 Å². The van der Waals surface area contributed by atoms with Gasteiger partial charge in [-0.05, 0) is 39.5 Å².